The Balaban J connectivity index is 4.83. The van der Waals surface area contributed by atoms with Crippen molar-refractivity contribution in [2.24, 2.45) is 9.98 Å². The van der Waals surface area contributed by atoms with Gasteiger partial charge in [-0.2, -0.15) is 0 Å². The van der Waals surface area contributed by atoms with Gasteiger partial charge >= 0.3 is 0 Å². The van der Waals surface area contributed by atoms with E-state index in [4.69, 9.17) is 0 Å². The highest BCUT2D eigenvalue weighted by Gasteiger charge is 2.14. The molecule has 14 heavy (non-hydrogen) atoms. The molecule has 0 aromatic carbocycles. The first-order chi connectivity index (χ1) is 6.45. The maximum absolute atomic E-state index is 4.20. The minimum atomic E-state index is 0.874. The van der Waals surface area contributed by atoms with Gasteiger partial charge in [0.1, 0.15) is 0 Å². The monoisotopic (exact) mass is 199 g/mol. The molecule has 82 valence electrons. The fourth-order valence-corrected chi connectivity index (χ4v) is 1.39. The highest BCUT2D eigenvalue weighted by Crippen LogP contribution is 1.96. The van der Waals surface area contributed by atoms with Crippen molar-refractivity contribution in [1.82, 2.24) is 14.7 Å². The van der Waals surface area contributed by atoms with E-state index >= 15 is 0 Å². The molecular weight excluding hydrogens is 178 g/mol. The van der Waals surface area contributed by atoms with Gasteiger partial charge in [-0.3, -0.25) is 14.9 Å². The molecule has 0 aromatic rings. The Morgan fingerprint density at radius 1 is 0.714 bits per heavy atom. The molecular formula is C9H21N5. The van der Waals surface area contributed by atoms with Gasteiger partial charge in [0.2, 0.25) is 11.9 Å². The van der Waals surface area contributed by atoms with Gasteiger partial charge in [-0.15, -0.1) is 0 Å². The first kappa shape index (κ1) is 12.7. The van der Waals surface area contributed by atoms with E-state index in [1.165, 1.54) is 0 Å². The first-order valence-electron chi connectivity index (χ1n) is 4.47. The molecule has 0 aliphatic carbocycles. The van der Waals surface area contributed by atoms with E-state index in [1.54, 1.807) is 14.1 Å². The molecule has 0 N–H and O–H groups in total. The summed E-state index contributed by atoms with van der Waals surface area (Å²) in [5.41, 5.74) is 0. The summed E-state index contributed by atoms with van der Waals surface area (Å²) in [5.74, 6) is 1.75. The van der Waals surface area contributed by atoms with Crippen LogP contribution in [-0.4, -0.2) is 76.0 Å². The van der Waals surface area contributed by atoms with Crippen LogP contribution in [0.15, 0.2) is 9.98 Å². The van der Waals surface area contributed by atoms with Gasteiger partial charge < -0.3 is 9.80 Å². The molecule has 0 aliphatic rings. The molecule has 0 radical (unpaired) electrons. The lowest BCUT2D eigenvalue weighted by atomic mass is 10.6. The highest BCUT2D eigenvalue weighted by atomic mass is 15.4. The van der Waals surface area contributed by atoms with Crippen molar-refractivity contribution < 1.29 is 0 Å². The number of hydrogen-bond donors (Lipinski definition) is 0. The molecule has 0 unspecified atom stereocenters. The van der Waals surface area contributed by atoms with Crippen LogP contribution in [0.5, 0.6) is 0 Å². The molecule has 0 bridgehead atoms. The zero-order valence-corrected chi connectivity index (χ0v) is 10.2. The van der Waals surface area contributed by atoms with Gasteiger partial charge in [0, 0.05) is 49.3 Å². The van der Waals surface area contributed by atoms with Crippen molar-refractivity contribution in [3.8, 4) is 0 Å². The second-order valence-electron chi connectivity index (χ2n) is 3.40. The van der Waals surface area contributed by atoms with Gasteiger partial charge in [-0.25, -0.2) is 0 Å². The van der Waals surface area contributed by atoms with Crippen LogP contribution >= 0.6 is 0 Å². The summed E-state index contributed by atoms with van der Waals surface area (Å²) in [6.45, 7) is 0. The number of nitrogens with zero attached hydrogens (tertiary/aromatic N) is 5. The van der Waals surface area contributed by atoms with Crippen LogP contribution in [-0.2, 0) is 0 Å². The largest absolute Gasteiger partial charge is 0.349 e. The molecule has 0 saturated carbocycles. The van der Waals surface area contributed by atoms with Crippen LogP contribution in [0.2, 0.25) is 0 Å². The van der Waals surface area contributed by atoms with Crippen molar-refractivity contribution in [1.29, 1.82) is 0 Å². The lowest BCUT2D eigenvalue weighted by Gasteiger charge is -2.30. The topological polar surface area (TPSA) is 34.4 Å². The summed E-state index contributed by atoms with van der Waals surface area (Å²) >= 11 is 0. The second kappa shape index (κ2) is 5.47. The maximum Gasteiger partial charge on any atom is 0.202 e. The Labute approximate surface area is 86.7 Å². The number of rotatable bonds is 0. The van der Waals surface area contributed by atoms with Crippen LogP contribution in [0.4, 0.5) is 0 Å². The number of aliphatic imine (C=N–C) groups is 2. The lowest BCUT2D eigenvalue weighted by Crippen LogP contribution is -2.47. The van der Waals surface area contributed by atoms with Crippen molar-refractivity contribution in [3.63, 3.8) is 0 Å². The third-order valence-electron chi connectivity index (χ3n) is 1.80. The molecule has 0 aromatic heterocycles. The fourth-order valence-electron chi connectivity index (χ4n) is 1.39. The van der Waals surface area contributed by atoms with Crippen LogP contribution in [0.25, 0.3) is 0 Å². The van der Waals surface area contributed by atoms with E-state index in [1.807, 2.05) is 49.9 Å². The molecule has 0 aliphatic heterocycles. The van der Waals surface area contributed by atoms with E-state index in [9.17, 15) is 0 Å². The smallest absolute Gasteiger partial charge is 0.202 e. The van der Waals surface area contributed by atoms with Crippen molar-refractivity contribution in [2.75, 3.05) is 49.3 Å². The van der Waals surface area contributed by atoms with Gasteiger partial charge in [0.05, 0.1) is 0 Å². The van der Waals surface area contributed by atoms with Gasteiger partial charge in [-0.1, -0.05) is 0 Å². The molecule has 0 amide bonds. The minimum absolute atomic E-state index is 0.874. The lowest BCUT2D eigenvalue weighted by molar-refractivity contribution is 0.474. The summed E-state index contributed by atoms with van der Waals surface area (Å²) in [7, 11) is 13.3. The Morgan fingerprint density at radius 3 is 1.14 bits per heavy atom. The second-order valence-corrected chi connectivity index (χ2v) is 3.40. The summed E-state index contributed by atoms with van der Waals surface area (Å²) < 4.78 is 0. The van der Waals surface area contributed by atoms with E-state index in [-0.39, 0.29) is 0 Å². The van der Waals surface area contributed by atoms with Crippen LogP contribution in [0.1, 0.15) is 0 Å². The predicted octanol–water partition coefficient (Wildman–Crippen LogP) is 0.0130. The molecule has 0 spiro atoms. The number of guanidine groups is 2. The Bertz CT molecular complexity index is 205. The highest BCUT2D eigenvalue weighted by molar-refractivity contribution is 5.97. The minimum Gasteiger partial charge on any atom is -0.349 e. The van der Waals surface area contributed by atoms with Crippen LogP contribution < -0.4 is 0 Å². The Kier molecular flexibility index (Phi) is 4.97. The predicted molar refractivity (Wildman–Crippen MR) is 61.9 cm³/mol. The Morgan fingerprint density at radius 2 is 1.00 bits per heavy atom. The normalized spacial score (nSPS) is 12.8. The van der Waals surface area contributed by atoms with Gasteiger partial charge in [0.25, 0.3) is 0 Å². The summed E-state index contributed by atoms with van der Waals surface area (Å²) in [4.78, 5) is 14.2. The van der Waals surface area contributed by atoms with Crippen molar-refractivity contribution >= 4 is 11.9 Å². The standard InChI is InChI=1S/C9H21N5/c1-10-8(12(3)4)14(7)9(11-2)13(5)6/h1-7H3. The van der Waals surface area contributed by atoms with Crippen molar-refractivity contribution in [3.05, 3.63) is 0 Å². The first-order valence-corrected chi connectivity index (χ1v) is 4.47. The molecule has 0 heterocycles. The summed E-state index contributed by atoms with van der Waals surface area (Å²) in [6, 6.07) is 0. The summed E-state index contributed by atoms with van der Waals surface area (Å²) in [6.07, 6.45) is 0. The third kappa shape index (κ3) is 2.90. The van der Waals surface area contributed by atoms with Gasteiger partial charge in [0.15, 0.2) is 0 Å². The van der Waals surface area contributed by atoms with E-state index in [0.29, 0.717) is 0 Å². The Hall–Kier alpha value is -1.26. The maximum atomic E-state index is 4.20. The van der Waals surface area contributed by atoms with E-state index in [2.05, 4.69) is 9.98 Å². The quantitative estimate of drug-likeness (QED) is 0.407. The third-order valence-corrected chi connectivity index (χ3v) is 1.80. The molecule has 0 atom stereocenters. The molecule has 0 fully saturated rings. The zero-order chi connectivity index (χ0) is 11.3. The van der Waals surface area contributed by atoms with E-state index < -0.39 is 0 Å². The average Bonchev–Trinajstić information content (AvgIpc) is 2.04. The van der Waals surface area contributed by atoms with Crippen molar-refractivity contribution in [2.45, 2.75) is 0 Å². The number of hydrogen-bond acceptors (Lipinski definition) is 2. The average molecular weight is 199 g/mol. The molecule has 0 rings (SSSR count). The van der Waals surface area contributed by atoms with Gasteiger partial charge in [-0.05, 0) is 0 Å². The SMILES string of the molecule is CN=C(N(C)C)N(C)C(=NC)N(C)C. The molecule has 0 saturated heterocycles. The van der Waals surface area contributed by atoms with Crippen LogP contribution in [0.3, 0.4) is 0 Å². The summed E-state index contributed by atoms with van der Waals surface area (Å²) in [5, 5.41) is 0. The zero-order valence-electron chi connectivity index (χ0n) is 10.2. The molecule has 5 heteroatoms. The fraction of sp³-hybridized carbons (Fsp3) is 0.778. The van der Waals surface area contributed by atoms with E-state index in [0.717, 1.165) is 11.9 Å². The molecule has 5 nitrogen and oxygen atoms in total. The van der Waals surface area contributed by atoms with Crippen LogP contribution in [0, 0.1) is 0 Å².